The van der Waals surface area contributed by atoms with Crippen molar-refractivity contribution in [2.75, 3.05) is 39.6 Å². The number of phosphoric ester groups is 2. The summed E-state index contributed by atoms with van der Waals surface area (Å²) in [6, 6.07) is 0. The van der Waals surface area contributed by atoms with Crippen molar-refractivity contribution in [3.8, 4) is 0 Å². The predicted octanol–water partition coefficient (Wildman–Crippen LogP) is 20.8. The van der Waals surface area contributed by atoms with Gasteiger partial charge in [-0.2, -0.15) is 0 Å². The van der Waals surface area contributed by atoms with Crippen molar-refractivity contribution in [3.63, 3.8) is 0 Å². The van der Waals surface area contributed by atoms with Crippen LogP contribution in [0.3, 0.4) is 0 Å². The van der Waals surface area contributed by atoms with E-state index in [-0.39, 0.29) is 25.7 Å². The third-order valence-electron chi connectivity index (χ3n) is 14.9. The Hall–Kier alpha value is -4.54. The first kappa shape index (κ1) is 91.5. The molecule has 0 radical (unpaired) electrons. The minimum atomic E-state index is -4.99. The molecule has 19 heteroatoms. The van der Waals surface area contributed by atoms with Crippen molar-refractivity contribution in [2.24, 2.45) is 0 Å². The Bertz CT molecular complexity index is 2300. The highest BCUT2D eigenvalue weighted by atomic mass is 31.2. The Balaban J connectivity index is 5.40. The van der Waals surface area contributed by atoms with Gasteiger partial charge in [0.25, 0.3) is 0 Å². The van der Waals surface area contributed by atoms with Gasteiger partial charge in [0.1, 0.15) is 19.3 Å². The lowest BCUT2D eigenvalue weighted by Gasteiger charge is -2.21. The lowest BCUT2D eigenvalue weighted by molar-refractivity contribution is -0.161. The molecule has 5 atom stereocenters. The molecule has 0 saturated carbocycles. The summed E-state index contributed by atoms with van der Waals surface area (Å²) in [6.45, 7) is 4.47. The van der Waals surface area contributed by atoms with Gasteiger partial charge in [0, 0.05) is 25.7 Å². The SMILES string of the molecule is CC/C=C\C/C=C\C/C=C\C/C=C\C/C=C\CCCC(=O)OCC(COP(=O)(O)OCC(O)COP(=O)(O)OCC(COC(=O)CCCC/C=C\C/C=C\C/C=C\C/C=C\CC)OC(=O)CCCCCCCCCCCCCCC)OC(=O)CCCCCCC/C=C\CCCC. The number of phosphoric acid groups is 2. The van der Waals surface area contributed by atoms with E-state index in [1.54, 1.807) is 0 Å². The third kappa shape index (κ3) is 68.0. The third-order valence-corrected chi connectivity index (χ3v) is 16.8. The van der Waals surface area contributed by atoms with Gasteiger partial charge in [0.05, 0.1) is 26.4 Å². The van der Waals surface area contributed by atoms with Crippen LogP contribution < -0.4 is 0 Å². The molecule has 0 aliphatic carbocycles. The fourth-order valence-electron chi connectivity index (χ4n) is 9.34. The second kappa shape index (κ2) is 69.0. The van der Waals surface area contributed by atoms with Crippen molar-refractivity contribution in [1.29, 1.82) is 0 Å². The molecule has 0 bridgehead atoms. The average Bonchev–Trinajstić information content (AvgIpc) is 1.13. The van der Waals surface area contributed by atoms with Crippen LogP contribution in [0.2, 0.25) is 0 Å². The minimum Gasteiger partial charge on any atom is -0.462 e. The monoisotopic (exact) mass is 1390 g/mol. The van der Waals surface area contributed by atoms with E-state index < -0.39 is 97.5 Å². The highest BCUT2D eigenvalue weighted by Gasteiger charge is 2.30. The van der Waals surface area contributed by atoms with Crippen LogP contribution in [0, 0.1) is 0 Å². The molecule has 0 spiro atoms. The Morgan fingerprint density at radius 2 is 0.562 bits per heavy atom. The van der Waals surface area contributed by atoms with Gasteiger partial charge in [-0.05, 0) is 122 Å². The lowest BCUT2D eigenvalue weighted by atomic mass is 10.0. The normalized spacial score (nSPS) is 14.7. The van der Waals surface area contributed by atoms with Crippen LogP contribution in [0.4, 0.5) is 0 Å². The molecule has 0 aliphatic rings. The summed E-state index contributed by atoms with van der Waals surface area (Å²) in [7, 11) is -9.97. The smallest absolute Gasteiger partial charge is 0.462 e. The van der Waals surface area contributed by atoms with E-state index >= 15 is 0 Å². The van der Waals surface area contributed by atoms with Crippen LogP contribution in [0.25, 0.3) is 0 Å². The minimum absolute atomic E-state index is 0.0694. The quantitative estimate of drug-likeness (QED) is 0.0169. The maximum absolute atomic E-state index is 13.0. The Labute approximate surface area is 581 Å². The van der Waals surface area contributed by atoms with Crippen molar-refractivity contribution >= 4 is 39.5 Å². The maximum atomic E-state index is 13.0. The number of carbonyl (C=O) groups excluding carboxylic acids is 4. The molecule has 5 unspecified atom stereocenters. The van der Waals surface area contributed by atoms with E-state index in [9.17, 15) is 43.2 Å². The Kier molecular flexibility index (Phi) is 65.7. The molecule has 550 valence electrons. The first-order valence-electron chi connectivity index (χ1n) is 36.8. The van der Waals surface area contributed by atoms with Crippen LogP contribution in [-0.2, 0) is 65.4 Å². The maximum Gasteiger partial charge on any atom is 0.472 e. The topological polar surface area (TPSA) is 237 Å². The van der Waals surface area contributed by atoms with Crippen LogP contribution in [0.5, 0.6) is 0 Å². The molecule has 0 saturated heterocycles. The molecule has 0 aromatic rings. The number of unbranched alkanes of at least 4 members (excludes halogenated alkanes) is 22. The number of hydrogen-bond donors (Lipinski definition) is 3. The van der Waals surface area contributed by atoms with Crippen LogP contribution in [0.1, 0.15) is 285 Å². The zero-order valence-corrected chi connectivity index (χ0v) is 61.5. The van der Waals surface area contributed by atoms with Gasteiger partial charge < -0.3 is 33.8 Å². The van der Waals surface area contributed by atoms with E-state index in [0.717, 1.165) is 135 Å². The van der Waals surface area contributed by atoms with E-state index in [4.69, 9.17) is 37.0 Å². The number of allylic oxidation sites excluding steroid dienone is 20. The molecule has 0 rings (SSSR count). The van der Waals surface area contributed by atoms with Crippen molar-refractivity contribution in [3.05, 3.63) is 122 Å². The van der Waals surface area contributed by atoms with Gasteiger partial charge >= 0.3 is 39.5 Å². The van der Waals surface area contributed by atoms with E-state index in [1.165, 1.54) is 64.2 Å². The summed E-state index contributed by atoms with van der Waals surface area (Å²) in [5.74, 6) is -2.30. The van der Waals surface area contributed by atoms with Crippen molar-refractivity contribution < 1.29 is 80.2 Å². The first-order valence-corrected chi connectivity index (χ1v) is 39.8. The number of rotatable bonds is 68. The van der Waals surface area contributed by atoms with Gasteiger partial charge in [-0.3, -0.25) is 37.3 Å². The van der Waals surface area contributed by atoms with Gasteiger partial charge in [0.15, 0.2) is 12.2 Å². The van der Waals surface area contributed by atoms with E-state index in [1.807, 2.05) is 12.2 Å². The highest BCUT2D eigenvalue weighted by Crippen LogP contribution is 2.45. The van der Waals surface area contributed by atoms with E-state index in [0.29, 0.717) is 32.1 Å². The fourth-order valence-corrected chi connectivity index (χ4v) is 10.9. The number of aliphatic hydroxyl groups excluding tert-OH is 1. The number of carbonyl (C=O) groups is 4. The fraction of sp³-hybridized carbons (Fsp3) is 0.688. The van der Waals surface area contributed by atoms with Crippen LogP contribution >= 0.6 is 15.6 Å². The molecular weight excluding hydrogens is 1260 g/mol. The van der Waals surface area contributed by atoms with Crippen molar-refractivity contribution in [2.45, 2.75) is 303 Å². The second-order valence-corrected chi connectivity index (χ2v) is 27.0. The molecule has 0 amide bonds. The number of hydrogen-bond acceptors (Lipinski definition) is 15. The summed E-state index contributed by atoms with van der Waals surface area (Å²) in [6.07, 6.45) is 73.6. The molecule has 3 N–H and O–H groups in total. The van der Waals surface area contributed by atoms with Gasteiger partial charge in [-0.1, -0.05) is 258 Å². The molecular formula is C77H130O17P2. The first-order chi connectivity index (χ1) is 46.7. The van der Waals surface area contributed by atoms with Gasteiger partial charge in [-0.25, -0.2) is 9.13 Å². The molecule has 0 aliphatic heterocycles. The molecule has 0 aromatic heterocycles. The highest BCUT2D eigenvalue weighted by molar-refractivity contribution is 7.47. The molecule has 17 nitrogen and oxygen atoms in total. The van der Waals surface area contributed by atoms with Gasteiger partial charge in [0.2, 0.25) is 0 Å². The van der Waals surface area contributed by atoms with Crippen LogP contribution in [0.15, 0.2) is 122 Å². The summed E-state index contributed by atoms with van der Waals surface area (Å²) in [4.78, 5) is 72.7. The zero-order chi connectivity index (χ0) is 70.4. The zero-order valence-electron chi connectivity index (χ0n) is 59.8. The summed E-state index contributed by atoms with van der Waals surface area (Å²) >= 11 is 0. The van der Waals surface area contributed by atoms with Crippen molar-refractivity contribution in [1.82, 2.24) is 0 Å². The largest absolute Gasteiger partial charge is 0.472 e. The molecule has 0 heterocycles. The number of esters is 4. The summed E-state index contributed by atoms with van der Waals surface area (Å²) < 4.78 is 68.2. The predicted molar refractivity (Wildman–Crippen MR) is 390 cm³/mol. The Morgan fingerprint density at radius 3 is 0.938 bits per heavy atom. The number of aliphatic hydroxyl groups is 1. The lowest BCUT2D eigenvalue weighted by Crippen LogP contribution is -2.30. The summed E-state index contributed by atoms with van der Waals surface area (Å²) in [5.41, 5.74) is 0. The molecule has 0 fully saturated rings. The van der Waals surface area contributed by atoms with Crippen LogP contribution in [-0.4, -0.2) is 96.7 Å². The summed E-state index contributed by atoms with van der Waals surface area (Å²) in [5, 5.41) is 10.6. The second-order valence-electron chi connectivity index (χ2n) is 24.1. The van der Waals surface area contributed by atoms with Gasteiger partial charge in [-0.15, -0.1) is 0 Å². The Morgan fingerprint density at radius 1 is 0.302 bits per heavy atom. The van der Waals surface area contributed by atoms with E-state index in [2.05, 4.69) is 137 Å². The standard InChI is InChI=1S/C77H130O17P2/c1-5-9-13-17-21-25-29-32-34-35-37-40-43-46-50-54-58-62-75(80)87-67-72(93-76(81)63-59-55-51-47-41-28-24-20-16-12-8-4)69-91-95(83,84)89-65-71(78)66-90-96(85,86)92-70-73(94-77(82)64-60-56-52-48-44-38-31-27-23-19-15-11-7-3)68-88-74(79)61-57-53-49-45-42-39-36-33-30-26-22-18-14-10-6-2/h9-10,13-14,20-22,24-26,32-34,36-37,40,42,45-46,50,71-73,78H,5-8,11-12,15-19,23,27-31,35,38-39,41,43-44,47-49,51-70H2,1-4H3,(H,83,84)(H,85,86)/b13-9-,14-10-,24-20-,25-21-,26-22-,34-32-,36-33-,40-37-,45-42-,50-46-. The average molecular weight is 1390 g/mol. The number of ether oxygens (including phenoxy) is 4. The molecule has 96 heavy (non-hydrogen) atoms. The molecule has 0 aromatic carbocycles.